The average Bonchev–Trinajstić information content (AvgIpc) is 2.81. The van der Waals surface area contributed by atoms with Crippen molar-refractivity contribution in [2.75, 3.05) is 12.3 Å². The quantitative estimate of drug-likeness (QED) is 0.171. The molecule has 2 unspecified atom stereocenters. The highest BCUT2D eigenvalue weighted by Crippen LogP contribution is 2.66. The molecule has 0 radical (unpaired) electrons. The molecule has 34 heavy (non-hydrogen) atoms. The molecule has 1 aromatic rings. The molecule has 0 saturated carbocycles. The molecule has 1 aliphatic heterocycles. The molecule has 0 amide bonds. The summed E-state index contributed by atoms with van der Waals surface area (Å²) in [6, 6.07) is 0.944. The van der Waals surface area contributed by atoms with Crippen LogP contribution in [0.25, 0.3) is 0 Å². The number of alkyl halides is 4. The van der Waals surface area contributed by atoms with Crippen molar-refractivity contribution >= 4 is 29.3 Å². The second kappa shape index (κ2) is 9.65. The number of hydrogen-bond donors (Lipinski definition) is 6. The second-order valence-electron chi connectivity index (χ2n) is 6.66. The molecule has 1 aromatic heterocycles. The Hall–Kier alpha value is -1.27. The predicted octanol–water partition coefficient (Wildman–Crippen LogP) is 0.0878. The van der Waals surface area contributed by atoms with Crippen molar-refractivity contribution in [1.29, 1.82) is 0 Å². The van der Waals surface area contributed by atoms with Crippen LogP contribution in [0, 0.1) is 0 Å². The van der Waals surface area contributed by atoms with E-state index in [0.29, 0.717) is 4.57 Å². The Labute approximate surface area is 185 Å². The van der Waals surface area contributed by atoms with Crippen LogP contribution < -0.4 is 11.4 Å². The maximum absolute atomic E-state index is 14.7. The molecule has 6 atom stereocenters. The molecule has 196 valence electrons. The van der Waals surface area contributed by atoms with Crippen LogP contribution in [0.15, 0.2) is 17.1 Å². The normalized spacial score (nSPS) is 29.5. The van der Waals surface area contributed by atoms with Gasteiger partial charge in [-0.1, -0.05) is 0 Å². The van der Waals surface area contributed by atoms with Crippen molar-refractivity contribution in [1.82, 2.24) is 9.55 Å². The number of rotatable bonds is 9. The molecular weight excluding hydrogens is 551 g/mol. The molecule has 16 nitrogen and oxygen atoms in total. The van der Waals surface area contributed by atoms with Gasteiger partial charge in [-0.15, -0.1) is 0 Å². The number of aliphatic hydroxyl groups is 1. The van der Waals surface area contributed by atoms with E-state index in [1.165, 1.54) is 0 Å². The summed E-state index contributed by atoms with van der Waals surface area (Å²) in [5.41, 5.74) is 0.733. The molecule has 2 heterocycles. The standard InChI is InChI=1S/C11H16F4N3O13P3/c12-6-7(19)10(3-11(13,14)15,29-8(6)18-2-1-5(16)17-9(18)20)4-28-33(24,25)31-34(26,27)30-32(21,22)23/h1-2,6-8,19H,3-4H2,(H,24,25)(H,26,27)(H2,16,17,20)(H2,21,22,23)/t6-,7+,8+,10-/m1/s1. The molecule has 0 aliphatic carbocycles. The minimum absolute atomic E-state index is 0.327. The third-order valence-corrected chi connectivity index (χ3v) is 7.76. The van der Waals surface area contributed by atoms with E-state index in [9.17, 15) is 46.1 Å². The van der Waals surface area contributed by atoms with E-state index >= 15 is 0 Å². The minimum atomic E-state index is -6.02. The monoisotopic (exact) mass is 567 g/mol. The number of anilines is 1. The number of nitrogens with zero attached hydrogens (tertiary/aromatic N) is 2. The fraction of sp³-hybridized carbons (Fsp3) is 0.636. The number of nitrogens with two attached hydrogens (primary N) is 1. The van der Waals surface area contributed by atoms with Gasteiger partial charge in [0, 0.05) is 6.20 Å². The maximum Gasteiger partial charge on any atom is 0.490 e. The van der Waals surface area contributed by atoms with Gasteiger partial charge in [-0.25, -0.2) is 22.9 Å². The molecule has 2 rings (SSSR count). The van der Waals surface area contributed by atoms with Gasteiger partial charge in [0.05, 0.1) is 13.0 Å². The topological polar surface area (TPSA) is 250 Å². The largest absolute Gasteiger partial charge is 0.490 e. The lowest BCUT2D eigenvalue weighted by molar-refractivity contribution is -0.214. The summed E-state index contributed by atoms with van der Waals surface area (Å²) in [5.74, 6) is -0.343. The van der Waals surface area contributed by atoms with E-state index in [4.69, 9.17) is 25.2 Å². The summed E-state index contributed by atoms with van der Waals surface area (Å²) in [5, 5.41) is 10.1. The van der Waals surface area contributed by atoms with Gasteiger partial charge in [0.15, 0.2) is 12.4 Å². The zero-order valence-electron chi connectivity index (χ0n) is 16.1. The van der Waals surface area contributed by atoms with Gasteiger partial charge >= 0.3 is 35.3 Å². The Kier molecular flexibility index (Phi) is 8.22. The number of phosphoric acid groups is 3. The third kappa shape index (κ3) is 7.61. The number of nitrogen functional groups attached to an aromatic ring is 1. The number of halogens is 4. The van der Waals surface area contributed by atoms with Crippen LogP contribution in [0.3, 0.4) is 0 Å². The van der Waals surface area contributed by atoms with Gasteiger partial charge < -0.3 is 35.2 Å². The molecule has 0 spiro atoms. The molecule has 1 aliphatic rings. The summed E-state index contributed by atoms with van der Waals surface area (Å²) >= 11 is 0. The fourth-order valence-corrected chi connectivity index (χ4v) is 5.88. The Morgan fingerprint density at radius 2 is 1.76 bits per heavy atom. The van der Waals surface area contributed by atoms with Gasteiger partial charge in [-0.05, 0) is 6.07 Å². The van der Waals surface area contributed by atoms with E-state index in [1.807, 2.05) is 0 Å². The first-order valence-electron chi connectivity index (χ1n) is 8.35. The predicted molar refractivity (Wildman–Crippen MR) is 97.2 cm³/mol. The molecule has 0 bridgehead atoms. The van der Waals surface area contributed by atoms with Crippen LogP contribution in [0.5, 0.6) is 0 Å². The summed E-state index contributed by atoms with van der Waals surface area (Å²) in [6.07, 6.45) is -14.5. The van der Waals surface area contributed by atoms with E-state index in [-0.39, 0.29) is 5.82 Å². The summed E-state index contributed by atoms with van der Waals surface area (Å²) < 4.78 is 104. The molecule has 1 saturated heterocycles. The molecule has 23 heteroatoms. The lowest BCUT2D eigenvalue weighted by Crippen LogP contribution is -2.49. The van der Waals surface area contributed by atoms with Gasteiger partial charge in [0.2, 0.25) is 0 Å². The lowest BCUT2D eigenvalue weighted by Gasteiger charge is -2.32. The highest BCUT2D eigenvalue weighted by atomic mass is 31.3. The van der Waals surface area contributed by atoms with Gasteiger partial charge in [-0.2, -0.15) is 26.8 Å². The van der Waals surface area contributed by atoms with Crippen LogP contribution in [0.4, 0.5) is 23.4 Å². The molecule has 0 aromatic carbocycles. The number of aromatic nitrogens is 2. The Morgan fingerprint density at radius 3 is 2.26 bits per heavy atom. The van der Waals surface area contributed by atoms with Crippen molar-refractivity contribution in [2.24, 2.45) is 0 Å². The Bertz CT molecular complexity index is 1110. The summed E-state index contributed by atoms with van der Waals surface area (Å²) in [7, 11) is -17.8. The van der Waals surface area contributed by atoms with Crippen LogP contribution >= 0.6 is 23.5 Å². The second-order valence-corrected chi connectivity index (χ2v) is 11.1. The first kappa shape index (κ1) is 29.0. The zero-order valence-corrected chi connectivity index (χ0v) is 18.8. The van der Waals surface area contributed by atoms with Gasteiger partial charge in [0.25, 0.3) is 0 Å². The number of hydrogen-bond acceptors (Lipinski definition) is 11. The van der Waals surface area contributed by atoms with Gasteiger partial charge in [0.1, 0.15) is 17.5 Å². The smallest absolute Gasteiger partial charge is 0.387 e. The minimum Gasteiger partial charge on any atom is -0.387 e. The van der Waals surface area contributed by atoms with Crippen LogP contribution in [0.1, 0.15) is 12.6 Å². The first-order chi connectivity index (χ1) is 15.2. The Morgan fingerprint density at radius 1 is 1.18 bits per heavy atom. The number of ether oxygens (including phenoxy) is 1. The molecular formula is C11H16F4N3O13P3. The molecule has 7 N–H and O–H groups in total. The highest BCUT2D eigenvalue weighted by molar-refractivity contribution is 7.66. The van der Waals surface area contributed by atoms with Crippen molar-refractivity contribution in [3.8, 4) is 0 Å². The van der Waals surface area contributed by atoms with E-state index in [0.717, 1.165) is 12.3 Å². The average molecular weight is 567 g/mol. The summed E-state index contributed by atoms with van der Waals surface area (Å²) in [4.78, 5) is 50.6. The number of aliphatic hydroxyl groups excluding tert-OH is 1. The number of phosphoric ester groups is 1. The van der Waals surface area contributed by atoms with E-state index in [1.54, 1.807) is 0 Å². The zero-order chi connectivity index (χ0) is 26.3. The SMILES string of the molecule is Nc1ccn([C@H]2O[C@@](COP(=O)(O)OP(=O)(O)OP(=O)(O)O)(CC(F)(F)F)[C@@H](O)[C@H]2F)c(=O)n1. The molecule has 1 fully saturated rings. The van der Waals surface area contributed by atoms with Crippen molar-refractivity contribution < 1.29 is 73.8 Å². The van der Waals surface area contributed by atoms with E-state index in [2.05, 4.69) is 18.1 Å². The van der Waals surface area contributed by atoms with Crippen LogP contribution in [-0.2, 0) is 31.6 Å². The highest BCUT2D eigenvalue weighted by Gasteiger charge is 2.61. The maximum atomic E-state index is 14.7. The van der Waals surface area contributed by atoms with Crippen molar-refractivity contribution in [3.63, 3.8) is 0 Å². The van der Waals surface area contributed by atoms with Crippen LogP contribution in [0.2, 0.25) is 0 Å². The Balaban J connectivity index is 2.34. The third-order valence-electron chi connectivity index (χ3n) is 3.98. The first-order valence-corrected chi connectivity index (χ1v) is 12.9. The van der Waals surface area contributed by atoms with Crippen LogP contribution in [-0.4, -0.2) is 64.9 Å². The van der Waals surface area contributed by atoms with Gasteiger partial charge in [-0.3, -0.25) is 9.09 Å². The fourth-order valence-electron chi connectivity index (χ4n) is 2.80. The lowest BCUT2D eigenvalue weighted by atomic mass is 9.92. The van der Waals surface area contributed by atoms with E-state index < -0.39 is 72.5 Å². The van der Waals surface area contributed by atoms with Crippen molar-refractivity contribution in [3.05, 3.63) is 22.7 Å². The van der Waals surface area contributed by atoms with Crippen molar-refractivity contribution in [2.45, 2.75) is 36.7 Å². The summed E-state index contributed by atoms with van der Waals surface area (Å²) in [6.45, 7) is -1.84.